The predicted octanol–water partition coefficient (Wildman–Crippen LogP) is 3.16. The molecule has 2 aromatic rings. The van der Waals surface area contributed by atoms with Crippen molar-refractivity contribution in [3.63, 3.8) is 0 Å². The maximum Gasteiger partial charge on any atom is 0.337 e. The zero-order valence-corrected chi connectivity index (χ0v) is 12.9. The molecule has 0 atom stereocenters. The Kier molecular flexibility index (Phi) is 5.68. The molecule has 0 bridgehead atoms. The van der Waals surface area contributed by atoms with Crippen molar-refractivity contribution in [2.45, 2.75) is 0 Å². The first-order valence-electron chi connectivity index (χ1n) is 7.00. The van der Waals surface area contributed by atoms with Gasteiger partial charge in [0.1, 0.15) is 18.2 Å². The molecule has 0 saturated carbocycles. The van der Waals surface area contributed by atoms with Crippen LogP contribution in [-0.4, -0.2) is 30.8 Å². The van der Waals surface area contributed by atoms with Gasteiger partial charge in [-0.05, 0) is 48.0 Å². The maximum atomic E-state index is 12.8. The van der Waals surface area contributed by atoms with Crippen molar-refractivity contribution in [1.82, 2.24) is 0 Å². The van der Waals surface area contributed by atoms with Gasteiger partial charge in [-0.3, -0.25) is 0 Å². The fourth-order valence-electron chi connectivity index (χ4n) is 1.89. The second kappa shape index (κ2) is 7.92. The van der Waals surface area contributed by atoms with Gasteiger partial charge >= 0.3 is 11.9 Å². The molecule has 0 saturated heterocycles. The van der Waals surface area contributed by atoms with Gasteiger partial charge in [0.15, 0.2) is 0 Å². The van der Waals surface area contributed by atoms with Crippen molar-refractivity contribution >= 4 is 18.0 Å². The van der Waals surface area contributed by atoms with Gasteiger partial charge in [0, 0.05) is 0 Å². The molecule has 6 heteroatoms. The van der Waals surface area contributed by atoms with Crippen molar-refractivity contribution in [2.24, 2.45) is 0 Å². The molecule has 1 N–H and O–H groups in total. The van der Waals surface area contributed by atoms with Gasteiger partial charge in [0.25, 0.3) is 0 Å². The second-order valence-electron chi connectivity index (χ2n) is 4.83. The molecule has 0 spiro atoms. The predicted molar refractivity (Wildman–Crippen MR) is 85.3 cm³/mol. The Morgan fingerprint density at radius 2 is 1.71 bits per heavy atom. The molecular weight excluding hydrogens is 315 g/mol. The number of halogens is 1. The lowest BCUT2D eigenvalue weighted by molar-refractivity contribution is -0.132. The average Bonchev–Trinajstić information content (AvgIpc) is 2.59. The minimum atomic E-state index is -1.13. The Labute approximate surface area is 137 Å². The minimum Gasteiger partial charge on any atom is -0.489 e. The normalized spacial score (nSPS) is 11.0. The summed E-state index contributed by atoms with van der Waals surface area (Å²) >= 11 is 0. The number of carbonyl (C=O) groups excluding carboxylic acids is 1. The minimum absolute atomic E-state index is 0.0187. The summed E-state index contributed by atoms with van der Waals surface area (Å²) in [6, 6.07) is 11.6. The number of esters is 1. The highest BCUT2D eigenvalue weighted by molar-refractivity contribution is 5.93. The molecule has 24 heavy (non-hydrogen) atoms. The van der Waals surface area contributed by atoms with E-state index < -0.39 is 17.8 Å². The summed E-state index contributed by atoms with van der Waals surface area (Å²) in [4.78, 5) is 22.7. The van der Waals surface area contributed by atoms with Crippen LogP contribution in [0.3, 0.4) is 0 Å². The number of rotatable bonds is 6. The Balaban J connectivity index is 2.11. The van der Waals surface area contributed by atoms with Crippen LogP contribution < -0.4 is 4.74 Å². The van der Waals surface area contributed by atoms with Crippen LogP contribution in [0.4, 0.5) is 4.39 Å². The third kappa shape index (κ3) is 4.67. The van der Waals surface area contributed by atoms with E-state index in [2.05, 4.69) is 4.74 Å². The number of benzene rings is 2. The van der Waals surface area contributed by atoms with Crippen LogP contribution in [0.5, 0.6) is 5.75 Å². The molecule has 0 fully saturated rings. The zero-order valence-electron chi connectivity index (χ0n) is 12.9. The van der Waals surface area contributed by atoms with Gasteiger partial charge in [-0.1, -0.05) is 12.1 Å². The standard InChI is InChI=1S/C18H15FO5/c1-23-18(22)13-4-2-12(3-5-13)10-14(17(20)21)11-24-16-8-6-15(19)7-9-16/h2-10H,11H2,1H3,(H,20,21). The van der Waals surface area contributed by atoms with Crippen LogP contribution in [0.15, 0.2) is 54.1 Å². The molecule has 0 heterocycles. The Morgan fingerprint density at radius 1 is 1.08 bits per heavy atom. The topological polar surface area (TPSA) is 72.8 Å². The van der Waals surface area contributed by atoms with Crippen LogP contribution in [-0.2, 0) is 9.53 Å². The van der Waals surface area contributed by atoms with Crippen LogP contribution >= 0.6 is 0 Å². The van der Waals surface area contributed by atoms with Gasteiger partial charge < -0.3 is 14.6 Å². The fourth-order valence-corrected chi connectivity index (χ4v) is 1.89. The first kappa shape index (κ1) is 17.2. The highest BCUT2D eigenvalue weighted by atomic mass is 19.1. The van der Waals surface area contributed by atoms with Crippen molar-refractivity contribution in [1.29, 1.82) is 0 Å². The van der Waals surface area contributed by atoms with E-state index >= 15 is 0 Å². The SMILES string of the molecule is COC(=O)c1ccc(C=C(COc2ccc(F)cc2)C(=O)O)cc1. The quantitative estimate of drug-likeness (QED) is 0.650. The van der Waals surface area contributed by atoms with E-state index in [0.717, 1.165) is 0 Å². The summed E-state index contributed by atoms with van der Waals surface area (Å²) in [7, 11) is 1.28. The summed E-state index contributed by atoms with van der Waals surface area (Å²) < 4.78 is 22.8. The highest BCUT2D eigenvalue weighted by Crippen LogP contribution is 2.14. The molecule has 0 aliphatic carbocycles. The number of hydrogen-bond donors (Lipinski definition) is 1. The summed E-state index contributed by atoms with van der Waals surface area (Å²) in [6.45, 7) is -0.181. The average molecular weight is 330 g/mol. The van der Waals surface area contributed by atoms with E-state index in [1.807, 2.05) is 0 Å². The van der Waals surface area contributed by atoms with Crippen LogP contribution in [0.25, 0.3) is 6.08 Å². The number of carboxylic acids is 1. The lowest BCUT2D eigenvalue weighted by Crippen LogP contribution is -2.10. The maximum absolute atomic E-state index is 12.8. The number of ether oxygens (including phenoxy) is 2. The smallest absolute Gasteiger partial charge is 0.337 e. The van der Waals surface area contributed by atoms with E-state index in [-0.39, 0.29) is 12.2 Å². The van der Waals surface area contributed by atoms with Crippen molar-refractivity contribution in [3.05, 3.63) is 71.0 Å². The number of hydrogen-bond acceptors (Lipinski definition) is 4. The second-order valence-corrected chi connectivity index (χ2v) is 4.83. The largest absolute Gasteiger partial charge is 0.489 e. The first-order valence-corrected chi connectivity index (χ1v) is 7.00. The lowest BCUT2D eigenvalue weighted by Gasteiger charge is -2.07. The summed E-state index contributed by atoms with van der Waals surface area (Å²) in [5, 5.41) is 9.26. The Bertz CT molecular complexity index is 748. The molecule has 0 aliphatic rings. The lowest BCUT2D eigenvalue weighted by atomic mass is 10.1. The Morgan fingerprint density at radius 3 is 2.25 bits per heavy atom. The molecule has 2 rings (SSSR count). The monoisotopic (exact) mass is 330 g/mol. The van der Waals surface area contributed by atoms with Crippen molar-refractivity contribution < 1.29 is 28.6 Å². The van der Waals surface area contributed by atoms with Crippen LogP contribution in [0.2, 0.25) is 0 Å². The summed E-state index contributed by atoms with van der Waals surface area (Å²) in [6.07, 6.45) is 1.44. The van der Waals surface area contributed by atoms with Gasteiger partial charge in [0.2, 0.25) is 0 Å². The zero-order chi connectivity index (χ0) is 17.5. The first-order chi connectivity index (χ1) is 11.5. The summed E-state index contributed by atoms with van der Waals surface area (Å²) in [5.74, 6) is -1.63. The van der Waals surface area contributed by atoms with E-state index in [1.54, 1.807) is 12.1 Å². The van der Waals surface area contributed by atoms with Gasteiger partial charge in [-0.25, -0.2) is 14.0 Å². The third-order valence-corrected chi connectivity index (χ3v) is 3.16. The van der Waals surface area contributed by atoms with Gasteiger partial charge in [-0.15, -0.1) is 0 Å². The molecule has 2 aromatic carbocycles. The third-order valence-electron chi connectivity index (χ3n) is 3.16. The van der Waals surface area contributed by atoms with E-state index in [9.17, 15) is 19.1 Å². The molecule has 0 aromatic heterocycles. The van der Waals surface area contributed by atoms with E-state index in [0.29, 0.717) is 16.9 Å². The number of aliphatic carboxylic acids is 1. The highest BCUT2D eigenvalue weighted by Gasteiger charge is 2.10. The number of carbonyl (C=O) groups is 2. The van der Waals surface area contributed by atoms with Crippen LogP contribution in [0, 0.1) is 5.82 Å². The van der Waals surface area contributed by atoms with Crippen molar-refractivity contribution in [2.75, 3.05) is 13.7 Å². The van der Waals surface area contributed by atoms with Gasteiger partial charge in [0.05, 0.1) is 18.2 Å². The summed E-state index contributed by atoms with van der Waals surface area (Å²) in [5.41, 5.74) is 0.988. The molecule has 5 nitrogen and oxygen atoms in total. The molecule has 0 radical (unpaired) electrons. The molecule has 0 unspecified atom stereocenters. The van der Waals surface area contributed by atoms with Crippen LogP contribution in [0.1, 0.15) is 15.9 Å². The number of carboxylic acid groups (broad SMARTS) is 1. The molecule has 0 amide bonds. The van der Waals surface area contributed by atoms with Crippen molar-refractivity contribution in [3.8, 4) is 5.75 Å². The molecule has 124 valence electrons. The molecular formula is C18H15FO5. The number of methoxy groups -OCH3 is 1. The molecule has 0 aliphatic heterocycles. The van der Waals surface area contributed by atoms with E-state index in [4.69, 9.17) is 4.74 Å². The van der Waals surface area contributed by atoms with Gasteiger partial charge in [-0.2, -0.15) is 0 Å². The van der Waals surface area contributed by atoms with E-state index in [1.165, 1.54) is 49.6 Å². The Hall–Kier alpha value is -3.15. The fraction of sp³-hybridized carbons (Fsp3) is 0.111.